The normalized spacial score (nSPS) is 11.2. The number of hydrogen-bond acceptors (Lipinski definition) is 1. The first-order valence-electron chi connectivity index (χ1n) is 5.98. The van der Waals surface area contributed by atoms with Gasteiger partial charge in [-0.05, 0) is 54.0 Å². The zero-order valence-electron chi connectivity index (χ0n) is 10.6. The van der Waals surface area contributed by atoms with Crippen LogP contribution in [0.1, 0.15) is 11.4 Å². The van der Waals surface area contributed by atoms with Gasteiger partial charge in [-0.2, -0.15) is 0 Å². The Balaban J connectivity index is 2.37. The van der Waals surface area contributed by atoms with E-state index in [1.807, 2.05) is 12.1 Å². The first-order chi connectivity index (χ1) is 9.08. The van der Waals surface area contributed by atoms with Gasteiger partial charge in [-0.1, -0.05) is 28.1 Å². The summed E-state index contributed by atoms with van der Waals surface area (Å²) < 4.78 is 4.37. The van der Waals surface area contributed by atoms with Crippen LogP contribution in [0.2, 0.25) is 0 Å². The summed E-state index contributed by atoms with van der Waals surface area (Å²) in [4.78, 5) is 4.64. The van der Waals surface area contributed by atoms with Gasteiger partial charge >= 0.3 is 0 Å². The van der Waals surface area contributed by atoms with E-state index in [1.54, 1.807) is 0 Å². The van der Waals surface area contributed by atoms with E-state index in [0.717, 1.165) is 31.7 Å². The summed E-state index contributed by atoms with van der Waals surface area (Å²) in [6.45, 7) is 4.15. The Kier molecular flexibility index (Phi) is 3.23. The number of pyridine rings is 1. The van der Waals surface area contributed by atoms with Gasteiger partial charge in [0.25, 0.3) is 0 Å². The van der Waals surface area contributed by atoms with Gasteiger partial charge in [0.2, 0.25) is 0 Å². The van der Waals surface area contributed by atoms with Crippen LogP contribution in [0.5, 0.6) is 0 Å². The van der Waals surface area contributed by atoms with E-state index < -0.39 is 0 Å². The third kappa shape index (κ3) is 2.13. The van der Waals surface area contributed by atoms with Crippen LogP contribution >= 0.6 is 31.9 Å². The number of aryl methyl sites for hydroxylation is 2. The number of hydrogen-bond donors (Lipinski definition) is 0. The van der Waals surface area contributed by atoms with Crippen molar-refractivity contribution in [3.63, 3.8) is 0 Å². The van der Waals surface area contributed by atoms with Crippen LogP contribution in [0.4, 0.5) is 0 Å². The summed E-state index contributed by atoms with van der Waals surface area (Å²) in [5.74, 6) is 0. The van der Waals surface area contributed by atoms with Crippen molar-refractivity contribution < 1.29 is 0 Å². The quantitative estimate of drug-likeness (QED) is 0.571. The lowest BCUT2D eigenvalue weighted by atomic mass is 10.1. The van der Waals surface area contributed by atoms with Gasteiger partial charge in [-0.15, -0.1) is 0 Å². The summed E-state index contributed by atoms with van der Waals surface area (Å²) in [6, 6.07) is 12.4. The molecule has 0 unspecified atom stereocenters. The molecule has 0 aliphatic heterocycles. The van der Waals surface area contributed by atoms with Crippen LogP contribution in [0.25, 0.3) is 16.9 Å². The van der Waals surface area contributed by atoms with Gasteiger partial charge in [-0.3, -0.25) is 4.40 Å². The average molecular weight is 380 g/mol. The van der Waals surface area contributed by atoms with E-state index in [2.05, 4.69) is 79.4 Å². The first kappa shape index (κ1) is 12.9. The maximum atomic E-state index is 4.64. The van der Waals surface area contributed by atoms with Crippen molar-refractivity contribution in [2.45, 2.75) is 13.8 Å². The SMILES string of the molecule is Cc1nc2ccc(Br)c(C)n2c1-c1ccc(Br)cc1. The Labute approximate surface area is 128 Å². The Morgan fingerprint density at radius 3 is 2.32 bits per heavy atom. The molecule has 4 heteroatoms. The zero-order chi connectivity index (χ0) is 13.6. The molecular weight excluding hydrogens is 368 g/mol. The van der Waals surface area contributed by atoms with E-state index in [4.69, 9.17) is 0 Å². The van der Waals surface area contributed by atoms with Crippen molar-refractivity contribution in [1.82, 2.24) is 9.38 Å². The fraction of sp³-hybridized carbons (Fsp3) is 0.133. The van der Waals surface area contributed by atoms with Gasteiger partial charge in [0.05, 0.1) is 11.4 Å². The van der Waals surface area contributed by atoms with Crippen LogP contribution < -0.4 is 0 Å². The highest BCUT2D eigenvalue weighted by atomic mass is 79.9. The topological polar surface area (TPSA) is 17.3 Å². The number of rotatable bonds is 1. The molecule has 0 atom stereocenters. The highest BCUT2D eigenvalue weighted by molar-refractivity contribution is 9.10. The molecule has 0 spiro atoms. The van der Waals surface area contributed by atoms with E-state index in [0.29, 0.717) is 0 Å². The molecule has 0 saturated carbocycles. The van der Waals surface area contributed by atoms with Gasteiger partial charge < -0.3 is 0 Å². The van der Waals surface area contributed by atoms with Crippen molar-refractivity contribution in [3.8, 4) is 11.3 Å². The monoisotopic (exact) mass is 378 g/mol. The molecule has 19 heavy (non-hydrogen) atoms. The number of nitrogens with zero attached hydrogens (tertiary/aromatic N) is 2. The Morgan fingerprint density at radius 1 is 0.947 bits per heavy atom. The third-order valence-corrected chi connectivity index (χ3v) is 4.62. The molecule has 0 aliphatic rings. The van der Waals surface area contributed by atoms with E-state index in [1.165, 1.54) is 5.56 Å². The summed E-state index contributed by atoms with van der Waals surface area (Å²) in [5.41, 5.74) is 5.52. The molecule has 0 bridgehead atoms. The lowest BCUT2D eigenvalue weighted by Crippen LogP contribution is -1.95. The number of imidazole rings is 1. The fourth-order valence-electron chi connectivity index (χ4n) is 2.32. The minimum atomic E-state index is 0.983. The highest BCUT2D eigenvalue weighted by Crippen LogP contribution is 2.29. The summed E-state index contributed by atoms with van der Waals surface area (Å²) in [6.07, 6.45) is 0. The van der Waals surface area contributed by atoms with Gasteiger partial charge in [-0.25, -0.2) is 4.98 Å². The van der Waals surface area contributed by atoms with E-state index in [-0.39, 0.29) is 0 Å². The zero-order valence-corrected chi connectivity index (χ0v) is 13.8. The smallest absolute Gasteiger partial charge is 0.137 e. The van der Waals surface area contributed by atoms with Gasteiger partial charge in [0.15, 0.2) is 0 Å². The molecule has 0 fully saturated rings. The van der Waals surface area contributed by atoms with Crippen LogP contribution in [0, 0.1) is 13.8 Å². The Bertz CT molecular complexity index is 758. The molecule has 2 nitrogen and oxygen atoms in total. The predicted molar refractivity (Wildman–Crippen MR) is 85.5 cm³/mol. The van der Waals surface area contributed by atoms with Gasteiger partial charge in [0, 0.05) is 20.2 Å². The molecule has 96 valence electrons. The van der Waals surface area contributed by atoms with Crippen molar-refractivity contribution in [1.29, 1.82) is 0 Å². The maximum Gasteiger partial charge on any atom is 0.137 e. The van der Waals surface area contributed by atoms with Crippen molar-refractivity contribution in [3.05, 3.63) is 56.7 Å². The Hall–Kier alpha value is -1.13. The molecule has 0 amide bonds. The Morgan fingerprint density at radius 2 is 1.63 bits per heavy atom. The maximum absolute atomic E-state index is 4.64. The first-order valence-corrected chi connectivity index (χ1v) is 7.56. The number of halogens is 2. The molecule has 0 radical (unpaired) electrons. The molecule has 1 aromatic carbocycles. The van der Waals surface area contributed by atoms with E-state index in [9.17, 15) is 0 Å². The third-order valence-electron chi connectivity index (χ3n) is 3.26. The van der Waals surface area contributed by atoms with Crippen LogP contribution in [-0.2, 0) is 0 Å². The molecule has 2 aromatic heterocycles. The van der Waals surface area contributed by atoms with Crippen LogP contribution in [0.3, 0.4) is 0 Å². The van der Waals surface area contributed by atoms with Crippen molar-refractivity contribution >= 4 is 37.5 Å². The molecular formula is C15H12Br2N2. The summed E-state index contributed by atoms with van der Waals surface area (Å²) in [5, 5.41) is 0. The minimum absolute atomic E-state index is 0.983. The molecule has 3 aromatic rings. The number of aromatic nitrogens is 2. The molecule has 0 N–H and O–H groups in total. The number of fused-ring (bicyclic) bond motifs is 1. The fourth-order valence-corrected chi connectivity index (χ4v) is 2.90. The van der Waals surface area contributed by atoms with Crippen molar-refractivity contribution in [2.24, 2.45) is 0 Å². The second-order valence-corrected chi connectivity index (χ2v) is 6.28. The van der Waals surface area contributed by atoms with Crippen LogP contribution in [0.15, 0.2) is 45.3 Å². The molecule has 0 aliphatic carbocycles. The standard InChI is InChI=1S/C15H12Br2N2/c1-9-15(11-3-5-12(16)6-4-11)19-10(2)13(17)7-8-14(19)18-9/h3-8H,1-2H3. The van der Waals surface area contributed by atoms with E-state index >= 15 is 0 Å². The molecule has 3 rings (SSSR count). The largest absolute Gasteiger partial charge is 0.296 e. The van der Waals surface area contributed by atoms with Crippen molar-refractivity contribution in [2.75, 3.05) is 0 Å². The minimum Gasteiger partial charge on any atom is -0.296 e. The average Bonchev–Trinajstić information content (AvgIpc) is 2.72. The number of benzene rings is 1. The highest BCUT2D eigenvalue weighted by Gasteiger charge is 2.13. The lowest BCUT2D eigenvalue weighted by molar-refractivity contribution is 1.08. The summed E-state index contributed by atoms with van der Waals surface area (Å²) in [7, 11) is 0. The molecule has 2 heterocycles. The lowest BCUT2D eigenvalue weighted by Gasteiger charge is -2.08. The second-order valence-electron chi connectivity index (χ2n) is 4.51. The van der Waals surface area contributed by atoms with Gasteiger partial charge in [0.1, 0.15) is 5.65 Å². The van der Waals surface area contributed by atoms with Crippen LogP contribution in [-0.4, -0.2) is 9.38 Å². The predicted octanol–water partition coefficient (Wildman–Crippen LogP) is 5.14. The molecule has 0 saturated heterocycles. The second kappa shape index (κ2) is 4.76. The summed E-state index contributed by atoms with van der Waals surface area (Å²) >= 11 is 7.06.